The van der Waals surface area contributed by atoms with Crippen molar-refractivity contribution in [2.24, 2.45) is 0 Å². The highest BCUT2D eigenvalue weighted by Gasteiger charge is 2.18. The smallest absolute Gasteiger partial charge is 0.326 e. The average Bonchev–Trinajstić information content (AvgIpc) is 2.67. The Kier molecular flexibility index (Phi) is 3.62. The predicted molar refractivity (Wildman–Crippen MR) is 68.4 cm³/mol. The maximum absolute atomic E-state index is 11.8. The van der Waals surface area contributed by atoms with Gasteiger partial charge in [-0.1, -0.05) is 13.0 Å². The average molecular weight is 247 g/mol. The van der Waals surface area contributed by atoms with E-state index in [1.54, 1.807) is 29.1 Å². The van der Waals surface area contributed by atoms with E-state index < -0.39 is 6.10 Å². The first-order valence-corrected chi connectivity index (χ1v) is 6.02. The van der Waals surface area contributed by atoms with E-state index in [2.05, 4.69) is 9.97 Å². The Morgan fingerprint density at radius 2 is 2.33 bits per heavy atom. The summed E-state index contributed by atoms with van der Waals surface area (Å²) >= 11 is 0. The number of aliphatic hydroxyl groups is 1. The van der Waals surface area contributed by atoms with Crippen LogP contribution < -0.4 is 5.69 Å². The van der Waals surface area contributed by atoms with Crippen LogP contribution in [0.4, 0.5) is 0 Å². The van der Waals surface area contributed by atoms with E-state index in [0.717, 1.165) is 12.1 Å². The largest absolute Gasteiger partial charge is 0.382 e. The number of hydrogen-bond acceptors (Lipinski definition) is 3. The first-order chi connectivity index (χ1) is 8.65. The lowest BCUT2D eigenvalue weighted by Gasteiger charge is -2.10. The van der Waals surface area contributed by atoms with Crippen molar-refractivity contribution in [2.75, 3.05) is 0 Å². The van der Waals surface area contributed by atoms with Crippen LogP contribution in [-0.2, 0) is 6.54 Å². The summed E-state index contributed by atoms with van der Waals surface area (Å²) in [5.74, 6) is 0. The Bertz CT molecular complexity index is 572. The number of hydrogen-bond donors (Lipinski definition) is 2. The molecule has 2 N–H and O–H groups in total. The van der Waals surface area contributed by atoms with Crippen LogP contribution in [0.3, 0.4) is 0 Å². The molecule has 0 aliphatic rings. The summed E-state index contributed by atoms with van der Waals surface area (Å²) in [5.41, 5.74) is 1.82. The summed E-state index contributed by atoms with van der Waals surface area (Å²) in [7, 11) is 0. The molecule has 2 rings (SSSR count). The summed E-state index contributed by atoms with van der Waals surface area (Å²) < 4.78 is 1.65. The number of aromatic nitrogens is 3. The van der Waals surface area contributed by atoms with E-state index in [9.17, 15) is 9.90 Å². The lowest BCUT2D eigenvalue weighted by molar-refractivity contribution is 0.214. The van der Waals surface area contributed by atoms with E-state index in [1.165, 1.54) is 0 Å². The van der Waals surface area contributed by atoms with Crippen molar-refractivity contribution < 1.29 is 5.11 Å². The minimum atomic E-state index is -0.843. The zero-order chi connectivity index (χ0) is 13.1. The second kappa shape index (κ2) is 5.18. The van der Waals surface area contributed by atoms with Crippen molar-refractivity contribution in [3.05, 3.63) is 52.0 Å². The van der Waals surface area contributed by atoms with Gasteiger partial charge in [0.2, 0.25) is 0 Å². The molecule has 0 saturated carbocycles. The van der Waals surface area contributed by atoms with Crippen LogP contribution in [-0.4, -0.2) is 19.6 Å². The summed E-state index contributed by atoms with van der Waals surface area (Å²) in [5, 5.41) is 10.3. The number of aliphatic hydroxyl groups excluding tert-OH is 1. The topological polar surface area (TPSA) is 70.9 Å². The van der Waals surface area contributed by atoms with E-state index >= 15 is 0 Å². The standard InChI is InChI=1S/C13H17N3O2/c1-3-7-16-9(2)11(15-13(16)18)12(17)10-5-4-6-14-8-10/h4-6,8,12,17H,3,7H2,1-2H3,(H,15,18). The zero-order valence-corrected chi connectivity index (χ0v) is 10.6. The van der Waals surface area contributed by atoms with Crippen LogP contribution in [0.25, 0.3) is 0 Å². The molecular formula is C13H17N3O2. The first-order valence-electron chi connectivity index (χ1n) is 6.02. The number of nitrogens with zero attached hydrogens (tertiary/aromatic N) is 2. The fourth-order valence-electron chi connectivity index (χ4n) is 2.03. The lowest BCUT2D eigenvalue weighted by Crippen LogP contribution is -2.17. The predicted octanol–water partition coefficient (Wildman–Crippen LogP) is 1.37. The Labute approximate surface area is 105 Å². The maximum Gasteiger partial charge on any atom is 0.326 e. The molecule has 18 heavy (non-hydrogen) atoms. The van der Waals surface area contributed by atoms with Gasteiger partial charge in [-0.05, 0) is 19.4 Å². The molecule has 96 valence electrons. The van der Waals surface area contributed by atoms with Gasteiger partial charge < -0.3 is 10.1 Å². The number of nitrogens with one attached hydrogen (secondary N) is 1. The molecule has 2 aromatic rings. The molecule has 1 unspecified atom stereocenters. The molecule has 0 fully saturated rings. The fourth-order valence-corrected chi connectivity index (χ4v) is 2.03. The van der Waals surface area contributed by atoms with Crippen LogP contribution >= 0.6 is 0 Å². The molecule has 1 atom stereocenters. The second-order valence-electron chi connectivity index (χ2n) is 4.27. The van der Waals surface area contributed by atoms with Gasteiger partial charge in [0.25, 0.3) is 0 Å². The van der Waals surface area contributed by atoms with E-state index in [-0.39, 0.29) is 5.69 Å². The lowest BCUT2D eigenvalue weighted by atomic mass is 10.1. The third-order valence-corrected chi connectivity index (χ3v) is 3.00. The van der Waals surface area contributed by atoms with Crippen LogP contribution in [0.1, 0.15) is 36.4 Å². The van der Waals surface area contributed by atoms with Crippen molar-refractivity contribution >= 4 is 0 Å². The summed E-state index contributed by atoms with van der Waals surface area (Å²) in [6.07, 6.45) is 3.28. The molecule has 2 aromatic heterocycles. The molecule has 0 aliphatic heterocycles. The number of H-pyrrole nitrogens is 1. The molecule has 0 radical (unpaired) electrons. The fraction of sp³-hybridized carbons (Fsp3) is 0.385. The van der Waals surface area contributed by atoms with Crippen molar-refractivity contribution in [1.29, 1.82) is 0 Å². The minimum Gasteiger partial charge on any atom is -0.382 e. The van der Waals surface area contributed by atoms with Crippen molar-refractivity contribution in [3.63, 3.8) is 0 Å². The molecule has 0 aliphatic carbocycles. The molecule has 0 spiro atoms. The highest BCUT2D eigenvalue weighted by molar-refractivity contribution is 5.25. The molecular weight excluding hydrogens is 230 g/mol. The molecule has 0 amide bonds. The highest BCUT2D eigenvalue weighted by Crippen LogP contribution is 2.21. The van der Waals surface area contributed by atoms with Crippen molar-refractivity contribution in [1.82, 2.24) is 14.5 Å². The highest BCUT2D eigenvalue weighted by atomic mass is 16.3. The van der Waals surface area contributed by atoms with Crippen molar-refractivity contribution in [2.45, 2.75) is 32.9 Å². The maximum atomic E-state index is 11.8. The normalized spacial score (nSPS) is 12.6. The molecule has 0 bridgehead atoms. The molecule has 0 aromatic carbocycles. The van der Waals surface area contributed by atoms with Crippen LogP contribution in [0.15, 0.2) is 29.3 Å². The summed E-state index contributed by atoms with van der Waals surface area (Å²) in [4.78, 5) is 18.5. The Morgan fingerprint density at radius 1 is 1.56 bits per heavy atom. The van der Waals surface area contributed by atoms with Crippen molar-refractivity contribution in [3.8, 4) is 0 Å². The van der Waals surface area contributed by atoms with Crippen LogP contribution in [0, 0.1) is 6.92 Å². The molecule has 2 heterocycles. The monoisotopic (exact) mass is 247 g/mol. The second-order valence-corrected chi connectivity index (χ2v) is 4.27. The third kappa shape index (κ3) is 2.22. The van der Waals surface area contributed by atoms with Crippen LogP contribution in [0.5, 0.6) is 0 Å². The van der Waals surface area contributed by atoms with E-state index in [0.29, 0.717) is 17.8 Å². The van der Waals surface area contributed by atoms with Gasteiger partial charge in [-0.15, -0.1) is 0 Å². The number of rotatable bonds is 4. The number of imidazole rings is 1. The van der Waals surface area contributed by atoms with Gasteiger partial charge in [0.15, 0.2) is 0 Å². The number of pyridine rings is 1. The summed E-state index contributed by atoms with van der Waals surface area (Å²) in [6.45, 7) is 4.50. The van der Waals surface area contributed by atoms with Crippen LogP contribution in [0.2, 0.25) is 0 Å². The molecule has 5 nitrogen and oxygen atoms in total. The van der Waals surface area contributed by atoms with Gasteiger partial charge in [0.1, 0.15) is 6.10 Å². The van der Waals surface area contributed by atoms with E-state index in [4.69, 9.17) is 0 Å². The summed E-state index contributed by atoms with van der Waals surface area (Å²) in [6, 6.07) is 3.54. The number of aromatic amines is 1. The third-order valence-electron chi connectivity index (χ3n) is 3.00. The van der Waals surface area contributed by atoms with Gasteiger partial charge >= 0.3 is 5.69 Å². The van der Waals surface area contributed by atoms with Gasteiger partial charge in [-0.3, -0.25) is 9.55 Å². The molecule has 0 saturated heterocycles. The Hall–Kier alpha value is -1.88. The van der Waals surface area contributed by atoms with Gasteiger partial charge in [0, 0.05) is 30.2 Å². The first kappa shape index (κ1) is 12.6. The Balaban J connectivity index is 2.40. The minimum absolute atomic E-state index is 0.174. The van der Waals surface area contributed by atoms with Gasteiger partial charge in [-0.25, -0.2) is 4.79 Å². The van der Waals surface area contributed by atoms with Gasteiger partial charge in [0.05, 0.1) is 5.69 Å². The zero-order valence-electron chi connectivity index (χ0n) is 10.6. The SMILES string of the molecule is CCCn1c(C)c(C(O)c2cccnc2)[nH]c1=O. The Morgan fingerprint density at radius 3 is 2.94 bits per heavy atom. The van der Waals surface area contributed by atoms with E-state index in [1.807, 2.05) is 13.8 Å². The van der Waals surface area contributed by atoms with Gasteiger partial charge in [-0.2, -0.15) is 0 Å². The molecule has 5 heteroatoms. The quantitative estimate of drug-likeness (QED) is 0.857.